The van der Waals surface area contributed by atoms with Gasteiger partial charge >= 0.3 is 0 Å². The molecule has 0 bridgehead atoms. The monoisotopic (exact) mass is 221 g/mol. The molecule has 0 radical (unpaired) electrons. The molecule has 0 spiro atoms. The van der Waals surface area contributed by atoms with Gasteiger partial charge in [0.05, 0.1) is 15.0 Å². The molecule has 6 heteroatoms. The standard InChI is InChI=1S/C7H5Cl2NO3/c1-3-5(10(12)13)2-4(8)7(11)6(3)9/h2,11H,1H3. The van der Waals surface area contributed by atoms with Crippen LogP contribution in [0.4, 0.5) is 5.69 Å². The zero-order valence-corrected chi connectivity index (χ0v) is 8.06. The maximum Gasteiger partial charge on any atom is 0.275 e. The molecule has 0 aliphatic carbocycles. The van der Waals surface area contributed by atoms with Crippen LogP contribution in [-0.2, 0) is 0 Å². The third-order valence-electron chi connectivity index (χ3n) is 1.61. The third kappa shape index (κ3) is 1.68. The van der Waals surface area contributed by atoms with Crippen molar-refractivity contribution in [3.05, 3.63) is 31.8 Å². The van der Waals surface area contributed by atoms with Crippen molar-refractivity contribution in [2.45, 2.75) is 6.92 Å². The molecule has 0 aliphatic rings. The minimum absolute atomic E-state index is 0.0841. The van der Waals surface area contributed by atoms with Crippen LogP contribution in [-0.4, -0.2) is 10.0 Å². The minimum atomic E-state index is -0.605. The summed E-state index contributed by atoms with van der Waals surface area (Å²) in [5.41, 5.74) is 0.00127. The highest BCUT2D eigenvalue weighted by molar-refractivity contribution is 6.38. The molecule has 0 unspecified atom stereocenters. The lowest BCUT2D eigenvalue weighted by molar-refractivity contribution is -0.385. The Kier molecular flexibility index (Phi) is 2.63. The van der Waals surface area contributed by atoms with E-state index >= 15 is 0 Å². The summed E-state index contributed by atoms with van der Waals surface area (Å²) in [7, 11) is 0. The van der Waals surface area contributed by atoms with Gasteiger partial charge in [-0.1, -0.05) is 23.2 Å². The van der Waals surface area contributed by atoms with Gasteiger partial charge < -0.3 is 5.11 Å². The van der Waals surface area contributed by atoms with E-state index in [2.05, 4.69) is 0 Å². The molecule has 1 aromatic rings. The van der Waals surface area contributed by atoms with E-state index in [9.17, 15) is 15.2 Å². The Labute approximate surface area is 83.9 Å². The van der Waals surface area contributed by atoms with E-state index in [0.717, 1.165) is 6.07 Å². The molecular weight excluding hydrogens is 217 g/mol. The molecule has 70 valence electrons. The molecule has 0 aromatic heterocycles. The maximum absolute atomic E-state index is 10.4. The van der Waals surface area contributed by atoms with E-state index in [1.165, 1.54) is 6.92 Å². The molecule has 0 saturated carbocycles. The van der Waals surface area contributed by atoms with Crippen LogP contribution in [0.15, 0.2) is 6.07 Å². The number of phenols is 1. The average Bonchev–Trinajstić information content (AvgIpc) is 2.07. The Morgan fingerprint density at radius 2 is 2.08 bits per heavy atom. The van der Waals surface area contributed by atoms with Crippen molar-refractivity contribution >= 4 is 28.9 Å². The zero-order chi connectivity index (χ0) is 10.2. The molecule has 1 N–H and O–H groups in total. The maximum atomic E-state index is 10.4. The van der Waals surface area contributed by atoms with Crippen LogP contribution in [0.5, 0.6) is 5.75 Å². The second kappa shape index (κ2) is 3.40. The van der Waals surface area contributed by atoms with Crippen LogP contribution in [0.2, 0.25) is 10.0 Å². The normalized spacial score (nSPS) is 10.1. The van der Waals surface area contributed by atoms with Gasteiger partial charge in [0.15, 0.2) is 5.75 Å². The van der Waals surface area contributed by atoms with Gasteiger partial charge in [-0.05, 0) is 6.92 Å². The van der Waals surface area contributed by atoms with Crippen molar-refractivity contribution in [1.82, 2.24) is 0 Å². The average molecular weight is 222 g/mol. The summed E-state index contributed by atoms with van der Waals surface area (Å²) in [4.78, 5) is 9.84. The third-order valence-corrected chi connectivity index (χ3v) is 2.36. The summed E-state index contributed by atoms with van der Waals surface area (Å²) in [5.74, 6) is -0.327. The van der Waals surface area contributed by atoms with E-state index in [4.69, 9.17) is 23.2 Å². The number of nitrogens with zero attached hydrogens (tertiary/aromatic N) is 1. The number of aromatic hydroxyl groups is 1. The molecule has 0 fully saturated rings. The first kappa shape index (κ1) is 10.1. The van der Waals surface area contributed by atoms with Gasteiger partial charge in [-0.25, -0.2) is 0 Å². The molecule has 0 aliphatic heterocycles. The van der Waals surface area contributed by atoms with Crippen molar-refractivity contribution in [2.75, 3.05) is 0 Å². The fourth-order valence-electron chi connectivity index (χ4n) is 0.881. The van der Waals surface area contributed by atoms with Gasteiger partial charge in [0, 0.05) is 11.6 Å². The highest BCUT2D eigenvalue weighted by Crippen LogP contribution is 2.39. The van der Waals surface area contributed by atoms with Crippen LogP contribution in [0, 0.1) is 17.0 Å². The van der Waals surface area contributed by atoms with Crippen LogP contribution in [0.1, 0.15) is 5.56 Å². The molecule has 1 rings (SSSR count). The molecule has 1 aromatic carbocycles. The highest BCUT2D eigenvalue weighted by atomic mass is 35.5. The number of hydrogen-bond donors (Lipinski definition) is 1. The van der Waals surface area contributed by atoms with E-state index in [1.54, 1.807) is 0 Å². The van der Waals surface area contributed by atoms with Crippen molar-refractivity contribution in [2.24, 2.45) is 0 Å². The first-order chi connectivity index (χ1) is 5.95. The summed E-state index contributed by atoms with van der Waals surface area (Å²) in [6.07, 6.45) is 0. The smallest absolute Gasteiger partial charge is 0.275 e. The van der Waals surface area contributed by atoms with Gasteiger partial charge in [-0.2, -0.15) is 0 Å². The Morgan fingerprint density at radius 1 is 1.54 bits per heavy atom. The second-order valence-corrected chi connectivity index (χ2v) is 3.21. The Balaban J connectivity index is 3.50. The van der Waals surface area contributed by atoms with Gasteiger partial charge in [0.25, 0.3) is 5.69 Å². The number of phenolic OH excluding ortho intramolecular Hbond substituents is 1. The lowest BCUT2D eigenvalue weighted by Gasteiger charge is -2.03. The summed E-state index contributed by atoms with van der Waals surface area (Å²) in [5, 5.41) is 19.4. The Hall–Kier alpha value is -1.00. The number of nitro benzene ring substituents is 1. The zero-order valence-electron chi connectivity index (χ0n) is 6.54. The first-order valence-electron chi connectivity index (χ1n) is 3.27. The molecule has 0 atom stereocenters. The summed E-state index contributed by atoms with van der Waals surface area (Å²) >= 11 is 11.1. The fraction of sp³-hybridized carbons (Fsp3) is 0.143. The van der Waals surface area contributed by atoms with Crippen molar-refractivity contribution in [1.29, 1.82) is 0 Å². The van der Waals surface area contributed by atoms with Crippen LogP contribution >= 0.6 is 23.2 Å². The number of rotatable bonds is 1. The Morgan fingerprint density at radius 3 is 2.54 bits per heavy atom. The first-order valence-corrected chi connectivity index (χ1v) is 4.02. The van der Waals surface area contributed by atoms with Crippen LogP contribution < -0.4 is 0 Å². The lowest BCUT2D eigenvalue weighted by Crippen LogP contribution is -1.92. The molecular formula is C7H5Cl2NO3. The number of hydrogen-bond acceptors (Lipinski definition) is 3. The van der Waals surface area contributed by atoms with Gasteiger partial charge in [-0.15, -0.1) is 0 Å². The predicted octanol–water partition coefficient (Wildman–Crippen LogP) is 2.92. The fourth-order valence-corrected chi connectivity index (χ4v) is 1.33. The summed E-state index contributed by atoms with van der Waals surface area (Å²) in [6, 6.07) is 1.07. The van der Waals surface area contributed by atoms with Gasteiger partial charge in [0.2, 0.25) is 0 Å². The van der Waals surface area contributed by atoms with E-state index in [0.29, 0.717) is 0 Å². The number of benzene rings is 1. The van der Waals surface area contributed by atoms with Gasteiger partial charge in [0.1, 0.15) is 0 Å². The molecule has 0 amide bonds. The highest BCUT2D eigenvalue weighted by Gasteiger charge is 2.19. The van der Waals surface area contributed by atoms with E-state index in [-0.39, 0.29) is 27.0 Å². The quantitative estimate of drug-likeness (QED) is 0.586. The minimum Gasteiger partial charge on any atom is -0.505 e. The van der Waals surface area contributed by atoms with E-state index in [1.807, 2.05) is 0 Å². The van der Waals surface area contributed by atoms with Crippen molar-refractivity contribution < 1.29 is 10.0 Å². The molecule has 0 heterocycles. The van der Waals surface area contributed by atoms with Gasteiger partial charge in [-0.3, -0.25) is 10.1 Å². The number of nitro groups is 1. The molecule has 13 heavy (non-hydrogen) atoms. The second-order valence-electron chi connectivity index (χ2n) is 2.42. The molecule has 4 nitrogen and oxygen atoms in total. The van der Waals surface area contributed by atoms with Crippen molar-refractivity contribution in [3.63, 3.8) is 0 Å². The lowest BCUT2D eigenvalue weighted by atomic mass is 10.2. The number of halogens is 2. The Bertz CT molecular complexity index is 378. The molecule has 0 saturated heterocycles. The van der Waals surface area contributed by atoms with Crippen molar-refractivity contribution in [3.8, 4) is 5.75 Å². The predicted molar refractivity (Wildman–Crippen MR) is 49.5 cm³/mol. The van der Waals surface area contributed by atoms with Crippen LogP contribution in [0.25, 0.3) is 0 Å². The topological polar surface area (TPSA) is 63.4 Å². The summed E-state index contributed by atoms with van der Waals surface area (Å²) in [6.45, 7) is 1.44. The SMILES string of the molecule is Cc1c([N+](=O)[O-])cc(Cl)c(O)c1Cl. The van der Waals surface area contributed by atoms with E-state index < -0.39 is 4.92 Å². The largest absolute Gasteiger partial charge is 0.505 e. The van der Waals surface area contributed by atoms with Crippen LogP contribution in [0.3, 0.4) is 0 Å². The summed E-state index contributed by atoms with van der Waals surface area (Å²) < 4.78 is 0.